The summed E-state index contributed by atoms with van der Waals surface area (Å²) in [6, 6.07) is 2.58. The van der Waals surface area contributed by atoms with Crippen LogP contribution in [-0.4, -0.2) is 30.4 Å². The number of amides is 1. The van der Waals surface area contributed by atoms with Gasteiger partial charge in [-0.2, -0.15) is 11.3 Å². The van der Waals surface area contributed by atoms with Crippen LogP contribution in [0.5, 0.6) is 0 Å². The van der Waals surface area contributed by atoms with Gasteiger partial charge in [0.15, 0.2) is 0 Å². The molecular formula is C19H30N2OS. The van der Waals surface area contributed by atoms with Gasteiger partial charge in [-0.05, 0) is 60.7 Å². The number of nitrogens with one attached hydrogen (secondary N) is 1. The Morgan fingerprint density at radius 2 is 2.00 bits per heavy atom. The highest BCUT2D eigenvalue weighted by Gasteiger charge is 2.23. The number of carbonyl (C=O) groups is 1. The van der Waals surface area contributed by atoms with Crippen LogP contribution in [0, 0.1) is 5.92 Å². The summed E-state index contributed by atoms with van der Waals surface area (Å²) in [5.41, 5.74) is 1.37. The van der Waals surface area contributed by atoms with Gasteiger partial charge < -0.3 is 5.32 Å². The molecule has 1 unspecified atom stereocenters. The Bertz CT molecular complexity index is 462. The molecule has 3 nitrogen and oxygen atoms in total. The van der Waals surface area contributed by atoms with E-state index in [0.717, 1.165) is 18.9 Å². The minimum absolute atomic E-state index is 0.245. The minimum Gasteiger partial charge on any atom is -0.354 e. The van der Waals surface area contributed by atoms with Crippen LogP contribution in [0.4, 0.5) is 0 Å². The molecule has 128 valence electrons. The molecule has 1 amide bonds. The maximum absolute atomic E-state index is 12.2. The number of thiophene rings is 1. The van der Waals surface area contributed by atoms with Crippen LogP contribution in [0.3, 0.4) is 0 Å². The normalized spacial score (nSPS) is 21.4. The lowest BCUT2D eigenvalue weighted by Gasteiger charge is -2.34. The van der Waals surface area contributed by atoms with E-state index in [-0.39, 0.29) is 5.91 Å². The summed E-state index contributed by atoms with van der Waals surface area (Å²) in [5, 5.41) is 7.60. The van der Waals surface area contributed by atoms with Crippen molar-refractivity contribution < 1.29 is 4.79 Å². The van der Waals surface area contributed by atoms with Crippen LogP contribution < -0.4 is 5.32 Å². The summed E-state index contributed by atoms with van der Waals surface area (Å²) in [4.78, 5) is 14.8. The molecule has 0 radical (unpaired) electrons. The predicted octanol–water partition coefficient (Wildman–Crippen LogP) is 4.36. The zero-order chi connectivity index (χ0) is 15.9. The molecule has 2 heterocycles. The molecule has 1 aromatic heterocycles. The van der Waals surface area contributed by atoms with E-state index in [9.17, 15) is 4.79 Å². The first-order valence-corrected chi connectivity index (χ1v) is 10.3. The molecule has 1 aliphatic carbocycles. The van der Waals surface area contributed by atoms with Crippen LogP contribution in [-0.2, 0) is 4.79 Å². The molecule has 2 aliphatic rings. The van der Waals surface area contributed by atoms with Gasteiger partial charge in [-0.25, -0.2) is 0 Å². The van der Waals surface area contributed by atoms with Crippen LogP contribution in [0.15, 0.2) is 16.8 Å². The molecular weight excluding hydrogens is 304 g/mol. The molecule has 3 rings (SSSR count). The quantitative estimate of drug-likeness (QED) is 0.803. The highest BCUT2D eigenvalue weighted by Crippen LogP contribution is 2.29. The van der Waals surface area contributed by atoms with Crippen LogP contribution in [0.1, 0.15) is 69.4 Å². The largest absolute Gasteiger partial charge is 0.354 e. The second-order valence-electron chi connectivity index (χ2n) is 7.16. The van der Waals surface area contributed by atoms with E-state index in [1.54, 1.807) is 11.3 Å². The first-order chi connectivity index (χ1) is 11.3. The molecule has 0 bridgehead atoms. The van der Waals surface area contributed by atoms with E-state index in [1.165, 1.54) is 63.6 Å². The molecule has 1 saturated heterocycles. The van der Waals surface area contributed by atoms with Crippen molar-refractivity contribution in [3.63, 3.8) is 0 Å². The van der Waals surface area contributed by atoms with Crippen LogP contribution in [0.2, 0.25) is 0 Å². The van der Waals surface area contributed by atoms with Crippen molar-refractivity contribution in [2.75, 3.05) is 19.6 Å². The minimum atomic E-state index is 0.245. The van der Waals surface area contributed by atoms with Gasteiger partial charge in [0, 0.05) is 13.0 Å². The van der Waals surface area contributed by atoms with Gasteiger partial charge in [0.25, 0.3) is 0 Å². The zero-order valence-corrected chi connectivity index (χ0v) is 15.0. The Labute approximate surface area is 144 Å². The number of hydrogen-bond donors (Lipinski definition) is 1. The van der Waals surface area contributed by atoms with E-state index in [2.05, 4.69) is 27.0 Å². The maximum atomic E-state index is 12.2. The number of hydrogen-bond acceptors (Lipinski definition) is 3. The molecule has 1 N–H and O–H groups in total. The average Bonchev–Trinajstić information content (AvgIpc) is 3.28. The van der Waals surface area contributed by atoms with Crippen LogP contribution >= 0.6 is 11.3 Å². The Kier molecular flexibility index (Phi) is 6.52. The number of likely N-dealkylation sites (tertiary alicyclic amines) is 1. The topological polar surface area (TPSA) is 32.3 Å². The van der Waals surface area contributed by atoms with Gasteiger partial charge in [-0.1, -0.05) is 32.1 Å². The predicted molar refractivity (Wildman–Crippen MR) is 96.7 cm³/mol. The standard InChI is InChI=1S/C19H30N2OS/c22-19(9-8-16-6-2-3-7-16)20-14-18(17-10-13-23-15-17)21-11-4-1-5-12-21/h10,13,15-16,18H,1-9,11-12,14H2,(H,20,22). The third-order valence-electron chi connectivity index (χ3n) is 5.51. The third-order valence-corrected chi connectivity index (χ3v) is 6.21. The SMILES string of the molecule is O=C(CCC1CCCC1)NCC(c1ccsc1)N1CCCCC1. The van der Waals surface area contributed by atoms with Gasteiger partial charge in [-0.3, -0.25) is 9.69 Å². The Hall–Kier alpha value is -0.870. The van der Waals surface area contributed by atoms with Gasteiger partial charge >= 0.3 is 0 Å². The van der Waals surface area contributed by atoms with E-state index in [1.807, 2.05) is 0 Å². The van der Waals surface area contributed by atoms with Crippen molar-refractivity contribution in [2.45, 2.75) is 63.8 Å². The average molecular weight is 335 g/mol. The second kappa shape index (κ2) is 8.84. The summed E-state index contributed by atoms with van der Waals surface area (Å²) in [6.45, 7) is 3.09. The number of piperidine rings is 1. The molecule has 4 heteroatoms. The number of nitrogens with zero attached hydrogens (tertiary/aromatic N) is 1. The van der Waals surface area contributed by atoms with Gasteiger partial charge in [-0.15, -0.1) is 0 Å². The van der Waals surface area contributed by atoms with Gasteiger partial charge in [0.2, 0.25) is 5.91 Å². The van der Waals surface area contributed by atoms with Crippen molar-refractivity contribution in [3.05, 3.63) is 22.4 Å². The summed E-state index contributed by atoms with van der Waals surface area (Å²) < 4.78 is 0. The Morgan fingerprint density at radius 3 is 2.70 bits per heavy atom. The molecule has 23 heavy (non-hydrogen) atoms. The molecule has 1 atom stereocenters. The summed E-state index contributed by atoms with van der Waals surface area (Å²) >= 11 is 1.75. The molecule has 2 fully saturated rings. The molecule has 1 aromatic rings. The van der Waals surface area contributed by atoms with Crippen molar-refractivity contribution in [1.29, 1.82) is 0 Å². The highest BCUT2D eigenvalue weighted by molar-refractivity contribution is 7.07. The van der Waals surface area contributed by atoms with Gasteiger partial charge in [0.1, 0.15) is 0 Å². The lowest BCUT2D eigenvalue weighted by molar-refractivity contribution is -0.121. The van der Waals surface area contributed by atoms with E-state index in [0.29, 0.717) is 12.5 Å². The molecule has 0 aromatic carbocycles. The molecule has 1 aliphatic heterocycles. The van der Waals surface area contributed by atoms with Crippen molar-refractivity contribution in [2.24, 2.45) is 5.92 Å². The highest BCUT2D eigenvalue weighted by atomic mass is 32.1. The second-order valence-corrected chi connectivity index (χ2v) is 7.94. The Morgan fingerprint density at radius 1 is 1.22 bits per heavy atom. The summed E-state index contributed by atoms with van der Waals surface area (Å²) in [5.74, 6) is 1.05. The fourth-order valence-electron chi connectivity index (χ4n) is 4.09. The lowest BCUT2D eigenvalue weighted by atomic mass is 10.0. The van der Waals surface area contributed by atoms with Gasteiger partial charge in [0.05, 0.1) is 6.04 Å². The van der Waals surface area contributed by atoms with Crippen molar-refractivity contribution in [3.8, 4) is 0 Å². The number of rotatable bonds is 7. The fraction of sp³-hybridized carbons (Fsp3) is 0.737. The van der Waals surface area contributed by atoms with Crippen molar-refractivity contribution >= 4 is 17.2 Å². The maximum Gasteiger partial charge on any atom is 0.220 e. The monoisotopic (exact) mass is 334 g/mol. The lowest BCUT2D eigenvalue weighted by Crippen LogP contribution is -2.40. The number of carbonyl (C=O) groups excluding carboxylic acids is 1. The fourth-order valence-corrected chi connectivity index (χ4v) is 4.79. The first kappa shape index (κ1) is 17.0. The molecule has 1 saturated carbocycles. The summed E-state index contributed by atoms with van der Waals surface area (Å²) in [7, 11) is 0. The zero-order valence-electron chi connectivity index (χ0n) is 14.1. The first-order valence-electron chi connectivity index (χ1n) is 9.36. The van der Waals surface area contributed by atoms with E-state index >= 15 is 0 Å². The summed E-state index contributed by atoms with van der Waals surface area (Å²) in [6.07, 6.45) is 11.1. The van der Waals surface area contributed by atoms with Crippen LogP contribution in [0.25, 0.3) is 0 Å². The third kappa shape index (κ3) is 5.05. The van der Waals surface area contributed by atoms with E-state index < -0.39 is 0 Å². The molecule has 0 spiro atoms. The Balaban J connectivity index is 1.48. The van der Waals surface area contributed by atoms with Crippen molar-refractivity contribution in [1.82, 2.24) is 10.2 Å². The smallest absolute Gasteiger partial charge is 0.220 e. The van der Waals surface area contributed by atoms with E-state index in [4.69, 9.17) is 0 Å².